The summed E-state index contributed by atoms with van der Waals surface area (Å²) in [5.74, 6) is -2.43. The number of ether oxygens (including phenoxy) is 1. The van der Waals surface area contributed by atoms with Crippen LogP contribution in [0.2, 0.25) is 0 Å². The Hall–Kier alpha value is -3.74. The average molecular weight is 529 g/mol. The normalized spacial score (nSPS) is 22.4. The summed E-state index contributed by atoms with van der Waals surface area (Å²) < 4.78 is 5.91. The molecule has 6 nitrogen and oxygen atoms in total. The van der Waals surface area contributed by atoms with Crippen molar-refractivity contribution >= 4 is 11.9 Å². The van der Waals surface area contributed by atoms with Gasteiger partial charge in [0.1, 0.15) is 0 Å². The minimum Gasteiger partial charge on any atom is -0.481 e. The molecule has 3 N–H and O–H groups in total. The lowest BCUT2D eigenvalue weighted by Gasteiger charge is -2.35. The number of carboxylic acids is 1. The number of benzene rings is 3. The molecule has 0 saturated heterocycles. The van der Waals surface area contributed by atoms with Gasteiger partial charge in [0.25, 0.3) is 0 Å². The molecule has 1 fully saturated rings. The van der Waals surface area contributed by atoms with Crippen molar-refractivity contribution in [1.29, 1.82) is 0 Å². The van der Waals surface area contributed by atoms with E-state index in [1.54, 1.807) is 37.3 Å². The summed E-state index contributed by atoms with van der Waals surface area (Å²) in [4.78, 5) is 25.2. The molecular weight excluding hydrogens is 492 g/mol. The second kappa shape index (κ2) is 12.4. The Labute approximate surface area is 229 Å². The number of carbonyl (C=O) groups excluding carboxylic acids is 1. The molecule has 0 spiro atoms. The number of aliphatic carboxylic acids is 1. The second-order valence-electron chi connectivity index (χ2n) is 10.6. The molecule has 6 heteroatoms. The van der Waals surface area contributed by atoms with Crippen LogP contribution in [0.15, 0.2) is 97.1 Å². The van der Waals surface area contributed by atoms with Crippen molar-refractivity contribution in [2.24, 2.45) is 5.92 Å². The maximum absolute atomic E-state index is 13.3. The fourth-order valence-corrected chi connectivity index (χ4v) is 5.39. The number of hydrogen-bond acceptors (Lipinski definition) is 5. The van der Waals surface area contributed by atoms with Crippen LogP contribution in [0.4, 0.5) is 0 Å². The third kappa shape index (κ3) is 7.22. The molecule has 3 aromatic rings. The highest BCUT2D eigenvalue weighted by Crippen LogP contribution is 2.44. The maximum atomic E-state index is 13.3. The highest BCUT2D eigenvalue weighted by Gasteiger charge is 2.53. The SMILES string of the molecule is CC(O)(C=CC1CCC(O)C1(CC(=O)O)OC(=O)c1cccc(-c2ccccc2)c1)CCCc1ccccc1. The number of rotatable bonds is 11. The van der Waals surface area contributed by atoms with Gasteiger partial charge in [-0.05, 0) is 67.9 Å². The van der Waals surface area contributed by atoms with Crippen LogP contribution in [0.25, 0.3) is 11.1 Å². The summed E-state index contributed by atoms with van der Waals surface area (Å²) in [6.45, 7) is 1.71. The highest BCUT2D eigenvalue weighted by molar-refractivity contribution is 5.91. The molecule has 4 unspecified atom stereocenters. The number of carbonyl (C=O) groups is 2. The fraction of sp³-hybridized carbons (Fsp3) is 0.333. The molecule has 0 radical (unpaired) electrons. The summed E-state index contributed by atoms with van der Waals surface area (Å²) in [7, 11) is 0. The van der Waals surface area contributed by atoms with E-state index in [-0.39, 0.29) is 12.0 Å². The first-order chi connectivity index (χ1) is 18.7. The Kier molecular flexibility index (Phi) is 9.00. The van der Waals surface area contributed by atoms with Crippen LogP contribution in [0.1, 0.15) is 54.9 Å². The van der Waals surface area contributed by atoms with Crippen LogP contribution in [0.3, 0.4) is 0 Å². The molecule has 1 saturated carbocycles. The highest BCUT2D eigenvalue weighted by atomic mass is 16.6. The van der Waals surface area contributed by atoms with Crippen LogP contribution in [0.5, 0.6) is 0 Å². The minimum atomic E-state index is -1.64. The molecule has 4 atom stereocenters. The quantitative estimate of drug-likeness (QED) is 0.214. The third-order valence-corrected chi connectivity index (χ3v) is 7.54. The first-order valence-corrected chi connectivity index (χ1v) is 13.4. The van der Waals surface area contributed by atoms with E-state index in [0.717, 1.165) is 24.0 Å². The molecular formula is C33H36O6. The maximum Gasteiger partial charge on any atom is 0.338 e. The van der Waals surface area contributed by atoms with E-state index in [0.29, 0.717) is 12.8 Å². The van der Waals surface area contributed by atoms with Crippen LogP contribution in [-0.4, -0.2) is 44.6 Å². The Morgan fingerprint density at radius 1 is 0.974 bits per heavy atom. The number of aryl methyl sites for hydroxylation is 1. The molecule has 0 bridgehead atoms. The average Bonchev–Trinajstić information content (AvgIpc) is 3.22. The lowest BCUT2D eigenvalue weighted by Crippen LogP contribution is -2.48. The van der Waals surface area contributed by atoms with E-state index in [2.05, 4.69) is 12.1 Å². The molecule has 0 amide bonds. The summed E-state index contributed by atoms with van der Waals surface area (Å²) in [6.07, 6.45) is 4.51. The number of aliphatic hydroxyl groups excluding tert-OH is 1. The van der Waals surface area contributed by atoms with E-state index < -0.39 is 41.6 Å². The van der Waals surface area contributed by atoms with Crippen LogP contribution in [-0.2, 0) is 16.0 Å². The Balaban J connectivity index is 1.51. The van der Waals surface area contributed by atoms with Crippen molar-refractivity contribution in [3.05, 3.63) is 108 Å². The first kappa shape index (κ1) is 28.3. The fourth-order valence-electron chi connectivity index (χ4n) is 5.39. The summed E-state index contributed by atoms with van der Waals surface area (Å²) in [5.41, 5.74) is 0.458. The Morgan fingerprint density at radius 3 is 2.33 bits per heavy atom. The van der Waals surface area contributed by atoms with Gasteiger partial charge in [0.2, 0.25) is 0 Å². The van der Waals surface area contributed by atoms with Gasteiger partial charge in [-0.1, -0.05) is 84.9 Å². The van der Waals surface area contributed by atoms with E-state index in [1.165, 1.54) is 5.56 Å². The Morgan fingerprint density at radius 2 is 1.64 bits per heavy atom. The molecule has 4 rings (SSSR count). The zero-order valence-corrected chi connectivity index (χ0v) is 22.2. The number of carboxylic acid groups (broad SMARTS) is 1. The molecule has 3 aromatic carbocycles. The third-order valence-electron chi connectivity index (χ3n) is 7.54. The molecule has 204 valence electrons. The van der Waals surface area contributed by atoms with Crippen molar-refractivity contribution in [2.45, 2.75) is 62.8 Å². The van der Waals surface area contributed by atoms with E-state index in [1.807, 2.05) is 54.6 Å². The zero-order valence-electron chi connectivity index (χ0n) is 22.2. The monoisotopic (exact) mass is 528 g/mol. The lowest BCUT2D eigenvalue weighted by atomic mass is 9.84. The smallest absolute Gasteiger partial charge is 0.338 e. The predicted octanol–water partition coefficient (Wildman–Crippen LogP) is 5.82. The van der Waals surface area contributed by atoms with Gasteiger partial charge in [0.15, 0.2) is 5.60 Å². The topological polar surface area (TPSA) is 104 Å². The molecule has 1 aliphatic rings. The number of esters is 1. The first-order valence-electron chi connectivity index (χ1n) is 13.4. The summed E-state index contributed by atoms with van der Waals surface area (Å²) in [6, 6.07) is 26.6. The van der Waals surface area contributed by atoms with E-state index in [9.17, 15) is 24.9 Å². The zero-order chi connectivity index (χ0) is 27.9. The van der Waals surface area contributed by atoms with Crippen LogP contribution < -0.4 is 0 Å². The molecule has 0 heterocycles. The van der Waals surface area contributed by atoms with Gasteiger partial charge in [-0.3, -0.25) is 4.79 Å². The standard InChI is InChI=1S/C33H36O6/c1-32(38,20-9-12-24-10-4-2-5-11-24)21-19-28-17-18-29(34)33(28,23-30(35)36)39-31(37)27-16-8-15-26(22-27)25-13-6-3-7-14-25/h2-8,10-11,13-16,19,21-22,28-29,34,38H,9,12,17-18,20,23H2,1H3,(H,35,36). The van der Waals surface area contributed by atoms with Gasteiger partial charge < -0.3 is 20.1 Å². The lowest BCUT2D eigenvalue weighted by molar-refractivity contribution is -0.150. The van der Waals surface area contributed by atoms with Gasteiger partial charge in [0.05, 0.1) is 23.7 Å². The van der Waals surface area contributed by atoms with Gasteiger partial charge in [-0.25, -0.2) is 4.79 Å². The second-order valence-corrected chi connectivity index (χ2v) is 10.6. The molecule has 39 heavy (non-hydrogen) atoms. The van der Waals surface area contributed by atoms with Crippen molar-refractivity contribution in [2.75, 3.05) is 0 Å². The Bertz CT molecular complexity index is 1280. The van der Waals surface area contributed by atoms with Crippen molar-refractivity contribution in [3.63, 3.8) is 0 Å². The van der Waals surface area contributed by atoms with Crippen LogP contribution >= 0.6 is 0 Å². The minimum absolute atomic E-state index is 0.274. The molecule has 0 aliphatic heterocycles. The molecule has 1 aliphatic carbocycles. The van der Waals surface area contributed by atoms with Crippen molar-refractivity contribution < 1.29 is 29.6 Å². The van der Waals surface area contributed by atoms with Crippen molar-refractivity contribution in [1.82, 2.24) is 0 Å². The number of hydrogen-bond donors (Lipinski definition) is 3. The summed E-state index contributed by atoms with van der Waals surface area (Å²) >= 11 is 0. The van der Waals surface area contributed by atoms with Gasteiger partial charge in [-0.2, -0.15) is 0 Å². The largest absolute Gasteiger partial charge is 0.481 e. The van der Waals surface area contributed by atoms with Gasteiger partial charge in [0, 0.05) is 5.92 Å². The van der Waals surface area contributed by atoms with Crippen LogP contribution in [0, 0.1) is 5.92 Å². The summed E-state index contributed by atoms with van der Waals surface area (Å²) in [5, 5.41) is 31.7. The van der Waals surface area contributed by atoms with Gasteiger partial charge in [-0.15, -0.1) is 0 Å². The van der Waals surface area contributed by atoms with Crippen molar-refractivity contribution in [3.8, 4) is 11.1 Å². The molecule has 0 aromatic heterocycles. The van der Waals surface area contributed by atoms with E-state index in [4.69, 9.17) is 4.74 Å². The predicted molar refractivity (Wildman–Crippen MR) is 150 cm³/mol. The number of aliphatic hydroxyl groups is 2. The van der Waals surface area contributed by atoms with E-state index >= 15 is 0 Å². The van der Waals surface area contributed by atoms with Gasteiger partial charge >= 0.3 is 11.9 Å².